The molecule has 1 aliphatic rings. The van der Waals surface area contributed by atoms with Crippen LogP contribution in [0, 0.1) is 5.92 Å². The van der Waals surface area contributed by atoms with Crippen LogP contribution < -0.4 is 51.4 Å². The number of methoxy groups -OCH3 is 1. The number of carbonyl (C=O) groups is 12. The molecule has 5 atom stereocenters. The number of benzene rings is 3. The lowest BCUT2D eigenvalue weighted by atomic mass is 10.0. The largest absolute Gasteiger partial charge is 0.482 e. The standard InChI is InChI=1S/C87H132N8O35/c1-65(60-127-66(2)61-126-35-34-111-3)59-125-55-54-118-33-25-91-87(110)75(58-69-8-14-72(15-9-69)130-64-84(106)107)94-79(99)21-29-114-38-44-121-50-53-124-47-41-117-32-24-90-86(109)74(57-68-6-12-71(13-7-68)129-63-83(104)105)93-78(98)20-28-113-37-43-120-49-52-123-46-40-116-31-23-89-85(108)73(56-67-4-10-70(11-5-67)128-62-82(102)103)92-77(97)19-27-112-36-42-119-48-51-122-45-39-115-30-22-88-76(96)18-26-95-80(100)16-17-81(95)101/h4-17,65-66,73-75H,18-64H2,1-3H3,(H,88,96)(H,89,108)(H,90,109)(H,91,110)(H,92,97)(H,93,98)(H,94,99)(H,102,103)(H,104,105)(H,106,107). The number of ether oxygens (including phenoxy) is 20. The number of nitrogens with zero attached hydrogens (tertiary/aromatic N) is 1. The number of nitrogens with one attached hydrogen (secondary N) is 7. The van der Waals surface area contributed by atoms with E-state index in [1.54, 1.807) is 79.9 Å². The van der Waals surface area contributed by atoms with Crippen LogP contribution in [-0.4, -0.2) is 387 Å². The van der Waals surface area contributed by atoms with E-state index in [0.29, 0.717) is 93.4 Å². The SMILES string of the molecule is COCCOCC(C)OCC(C)COCCOCCNC(=O)C(Cc1ccc(OCC(=O)O)cc1)NC(=O)CCOCCOCCOCCOCCNC(=O)C(Cc1ccc(OCC(=O)O)cc1)NC(=O)CCOCCOCCOCCOCCNC(=O)C(Cc1ccc(OCC(=O)O)cc1)NC(=O)CCOCCOCCOCCOCCNC(=O)CCN1C(=O)C=CC1=O. The number of carboxylic acid groups (broad SMARTS) is 3. The van der Waals surface area contributed by atoms with Crippen molar-refractivity contribution in [3.63, 3.8) is 0 Å². The minimum absolute atomic E-state index is 0.000146. The first-order chi connectivity index (χ1) is 63.1. The van der Waals surface area contributed by atoms with Crippen molar-refractivity contribution in [2.24, 2.45) is 5.92 Å². The van der Waals surface area contributed by atoms with E-state index >= 15 is 0 Å². The van der Waals surface area contributed by atoms with E-state index in [0.717, 1.165) is 17.1 Å². The summed E-state index contributed by atoms with van der Waals surface area (Å²) in [6.45, 7) is 11.1. The maximum Gasteiger partial charge on any atom is 0.341 e. The Kier molecular flexibility index (Phi) is 63.6. The summed E-state index contributed by atoms with van der Waals surface area (Å²) in [6.07, 6.45) is 2.39. The van der Waals surface area contributed by atoms with Crippen molar-refractivity contribution in [1.82, 2.24) is 42.1 Å². The highest BCUT2D eigenvalue weighted by molar-refractivity contribution is 6.13. The number of carboxylic acids is 3. The third-order valence-electron chi connectivity index (χ3n) is 17.8. The van der Waals surface area contributed by atoms with Crippen LogP contribution in [-0.2, 0) is 157 Å². The normalized spacial score (nSPS) is 12.9. The lowest BCUT2D eigenvalue weighted by Crippen LogP contribution is -2.48. The van der Waals surface area contributed by atoms with E-state index in [1.165, 1.54) is 0 Å². The Morgan fingerprint density at radius 1 is 0.315 bits per heavy atom. The predicted molar refractivity (Wildman–Crippen MR) is 461 cm³/mol. The quantitative estimate of drug-likeness (QED) is 0.0250. The molecular weight excluding hydrogens is 1720 g/mol. The highest BCUT2D eigenvalue weighted by Gasteiger charge is 2.27. The van der Waals surface area contributed by atoms with Crippen molar-refractivity contribution in [3.05, 3.63) is 102 Å². The number of hydrogen-bond acceptors (Lipinski definition) is 32. The second-order valence-corrected chi connectivity index (χ2v) is 28.7. The fourth-order valence-corrected chi connectivity index (χ4v) is 11.2. The molecule has 3 aromatic rings. The summed E-state index contributed by atoms with van der Waals surface area (Å²) >= 11 is 0. The van der Waals surface area contributed by atoms with Gasteiger partial charge in [0.25, 0.3) is 11.8 Å². The maximum atomic E-state index is 13.5. The van der Waals surface area contributed by atoms with Crippen LogP contribution in [0.5, 0.6) is 17.2 Å². The van der Waals surface area contributed by atoms with Crippen LogP contribution in [0.4, 0.5) is 0 Å². The molecular formula is C87H132N8O35. The van der Waals surface area contributed by atoms with Gasteiger partial charge in [-0.2, -0.15) is 0 Å². The monoisotopic (exact) mass is 1850 g/mol. The Morgan fingerprint density at radius 2 is 0.585 bits per heavy atom. The van der Waals surface area contributed by atoms with Gasteiger partial charge in [-0.3, -0.25) is 48.1 Å². The molecule has 1 aliphatic heterocycles. The maximum absolute atomic E-state index is 13.5. The van der Waals surface area contributed by atoms with Gasteiger partial charge >= 0.3 is 17.9 Å². The summed E-state index contributed by atoms with van der Waals surface area (Å²) in [5, 5.41) is 46.3. The van der Waals surface area contributed by atoms with Gasteiger partial charge in [0.1, 0.15) is 35.4 Å². The van der Waals surface area contributed by atoms with Gasteiger partial charge in [0.15, 0.2) is 19.8 Å². The van der Waals surface area contributed by atoms with Crippen LogP contribution in [0.1, 0.15) is 56.2 Å². The smallest absolute Gasteiger partial charge is 0.341 e. The Morgan fingerprint density at radius 3 is 0.885 bits per heavy atom. The number of imide groups is 1. The highest BCUT2D eigenvalue weighted by atomic mass is 16.6. The molecule has 10 N–H and O–H groups in total. The fraction of sp³-hybridized carbons (Fsp3) is 0.632. The first kappa shape index (κ1) is 112. The first-order valence-electron chi connectivity index (χ1n) is 43.2. The molecule has 4 rings (SSSR count). The molecule has 0 saturated heterocycles. The number of hydrogen-bond donors (Lipinski definition) is 10. The molecule has 1 heterocycles. The second kappa shape index (κ2) is 73.6. The van der Waals surface area contributed by atoms with Gasteiger partial charge in [-0.15, -0.1) is 0 Å². The van der Waals surface area contributed by atoms with Gasteiger partial charge in [-0.05, 0) is 60.0 Å². The molecule has 5 unspecified atom stereocenters. The third kappa shape index (κ3) is 59.3. The number of amides is 9. The van der Waals surface area contributed by atoms with Gasteiger partial charge in [-0.1, -0.05) is 43.3 Å². The number of rotatable bonds is 85. The lowest BCUT2D eigenvalue weighted by molar-refractivity contribution is -0.140. The molecule has 43 nitrogen and oxygen atoms in total. The Labute approximate surface area is 756 Å². The van der Waals surface area contributed by atoms with E-state index in [2.05, 4.69) is 37.2 Å². The van der Waals surface area contributed by atoms with E-state index in [-0.39, 0.29) is 248 Å². The van der Waals surface area contributed by atoms with Gasteiger partial charge < -0.3 is 147 Å². The molecule has 0 saturated carbocycles. The van der Waals surface area contributed by atoms with Crippen LogP contribution in [0.15, 0.2) is 84.9 Å². The molecule has 9 amide bonds. The lowest BCUT2D eigenvalue weighted by Gasteiger charge is -2.19. The zero-order valence-electron chi connectivity index (χ0n) is 74.6. The van der Waals surface area contributed by atoms with Gasteiger partial charge in [0.05, 0.1) is 218 Å². The molecule has 130 heavy (non-hydrogen) atoms. The van der Waals surface area contributed by atoms with Crippen molar-refractivity contribution in [2.75, 3.05) is 271 Å². The van der Waals surface area contributed by atoms with E-state index < -0.39 is 103 Å². The second-order valence-electron chi connectivity index (χ2n) is 28.7. The van der Waals surface area contributed by atoms with Crippen molar-refractivity contribution in [1.29, 1.82) is 0 Å². The number of aliphatic carboxylic acids is 3. The molecule has 0 aromatic heterocycles. The number of carbonyl (C=O) groups excluding carboxylic acids is 9. The summed E-state index contributed by atoms with van der Waals surface area (Å²) in [7, 11) is 1.62. The summed E-state index contributed by atoms with van der Waals surface area (Å²) in [5.41, 5.74) is 2.00. The van der Waals surface area contributed by atoms with Gasteiger partial charge in [-0.25, -0.2) is 14.4 Å². The predicted octanol–water partition coefficient (Wildman–Crippen LogP) is -0.554. The summed E-state index contributed by atoms with van der Waals surface area (Å²) < 4.78 is 110. The summed E-state index contributed by atoms with van der Waals surface area (Å²) in [4.78, 5) is 149. The molecule has 0 aliphatic carbocycles. The fourth-order valence-electron chi connectivity index (χ4n) is 11.2. The van der Waals surface area contributed by atoms with Crippen LogP contribution >= 0.6 is 0 Å². The third-order valence-corrected chi connectivity index (χ3v) is 17.8. The topological polar surface area (TPSA) is 538 Å². The van der Waals surface area contributed by atoms with E-state index in [1.807, 2.05) is 13.8 Å². The zero-order chi connectivity index (χ0) is 94.1. The van der Waals surface area contributed by atoms with E-state index in [4.69, 9.17) is 110 Å². The van der Waals surface area contributed by atoms with Gasteiger partial charge in [0, 0.05) is 103 Å². The van der Waals surface area contributed by atoms with Crippen molar-refractivity contribution in [2.45, 2.75) is 83.0 Å². The molecule has 0 fully saturated rings. The Balaban J connectivity index is 1.03. The molecule has 0 radical (unpaired) electrons. The average molecular weight is 1850 g/mol. The molecule has 3 aromatic carbocycles. The molecule has 0 spiro atoms. The summed E-state index contributed by atoms with van der Waals surface area (Å²) in [5.74, 6) is -6.23. The van der Waals surface area contributed by atoms with E-state index in [9.17, 15) is 57.5 Å². The minimum Gasteiger partial charge on any atom is -0.482 e. The minimum atomic E-state index is -1.15. The average Bonchev–Trinajstić information content (AvgIpc) is 1.55. The van der Waals surface area contributed by atoms with Crippen molar-refractivity contribution < 1.29 is 168 Å². The Bertz CT molecular complexity index is 3670. The zero-order valence-corrected chi connectivity index (χ0v) is 74.6. The van der Waals surface area contributed by atoms with Crippen molar-refractivity contribution in [3.8, 4) is 17.2 Å². The van der Waals surface area contributed by atoms with Crippen molar-refractivity contribution >= 4 is 71.1 Å². The van der Waals surface area contributed by atoms with Gasteiger partial charge in [0.2, 0.25) is 41.4 Å². The molecule has 730 valence electrons. The Hall–Kier alpha value is -10.0. The molecule has 43 heteroatoms. The van der Waals surface area contributed by atoms with Crippen LogP contribution in [0.2, 0.25) is 0 Å². The van der Waals surface area contributed by atoms with Crippen LogP contribution in [0.25, 0.3) is 0 Å². The highest BCUT2D eigenvalue weighted by Crippen LogP contribution is 2.18. The molecule has 0 bridgehead atoms. The first-order valence-corrected chi connectivity index (χ1v) is 43.2. The van der Waals surface area contributed by atoms with Crippen LogP contribution in [0.3, 0.4) is 0 Å². The summed E-state index contributed by atoms with van der Waals surface area (Å²) in [6, 6.07) is 16.4.